The second-order valence-electron chi connectivity index (χ2n) is 3.34. The smallest absolute Gasteiger partial charge is 0.131 e. The molecule has 1 aromatic heterocycles. The van der Waals surface area contributed by atoms with Gasteiger partial charge >= 0.3 is 0 Å². The first-order chi connectivity index (χ1) is 7.70. The maximum Gasteiger partial charge on any atom is 0.131 e. The molecule has 0 saturated heterocycles. The second-order valence-corrected chi connectivity index (χ2v) is 3.61. The standard InChI is InChI=1S/C11H9ClF2N2/c12-6-11-15-3-4-16(11)7-8-1-2-9(13)5-10(8)14/h1-5H,6-7H2. The van der Waals surface area contributed by atoms with Crippen molar-refractivity contribution in [2.45, 2.75) is 12.4 Å². The quantitative estimate of drug-likeness (QED) is 0.757. The van der Waals surface area contributed by atoms with Crippen molar-refractivity contribution < 1.29 is 8.78 Å². The number of aromatic nitrogens is 2. The SMILES string of the molecule is Fc1ccc(Cn2ccnc2CCl)c(F)c1. The maximum absolute atomic E-state index is 13.4. The fraction of sp³-hybridized carbons (Fsp3) is 0.182. The Kier molecular flexibility index (Phi) is 3.19. The normalized spacial score (nSPS) is 10.7. The van der Waals surface area contributed by atoms with Crippen LogP contribution < -0.4 is 0 Å². The lowest BCUT2D eigenvalue weighted by Gasteiger charge is -2.07. The summed E-state index contributed by atoms with van der Waals surface area (Å²) in [5.41, 5.74) is 0.408. The van der Waals surface area contributed by atoms with Gasteiger partial charge in [-0.3, -0.25) is 0 Å². The fourth-order valence-corrected chi connectivity index (χ4v) is 1.67. The minimum absolute atomic E-state index is 0.260. The number of benzene rings is 1. The second kappa shape index (κ2) is 4.61. The molecule has 0 saturated carbocycles. The van der Waals surface area contributed by atoms with Gasteiger partial charge in [-0.25, -0.2) is 13.8 Å². The van der Waals surface area contributed by atoms with Crippen molar-refractivity contribution in [2.75, 3.05) is 0 Å². The average Bonchev–Trinajstić information content (AvgIpc) is 2.69. The molecule has 0 radical (unpaired) electrons. The fourth-order valence-electron chi connectivity index (χ4n) is 1.45. The van der Waals surface area contributed by atoms with Gasteiger partial charge in [0.15, 0.2) is 0 Å². The summed E-state index contributed by atoms with van der Waals surface area (Å²) in [5.74, 6) is -0.223. The molecule has 0 N–H and O–H groups in total. The summed E-state index contributed by atoms with van der Waals surface area (Å²) in [4.78, 5) is 4.01. The predicted octanol–water partition coefficient (Wildman–Crippen LogP) is 2.95. The lowest BCUT2D eigenvalue weighted by atomic mass is 10.2. The van der Waals surface area contributed by atoms with E-state index in [1.165, 1.54) is 12.1 Å². The molecule has 2 aromatic rings. The summed E-state index contributed by atoms with van der Waals surface area (Å²) in [6.07, 6.45) is 3.31. The molecular weight excluding hydrogens is 234 g/mol. The molecule has 0 aliphatic carbocycles. The van der Waals surface area contributed by atoms with Gasteiger partial charge in [0, 0.05) is 24.0 Å². The number of hydrogen-bond acceptors (Lipinski definition) is 1. The Morgan fingerprint density at radius 2 is 2.12 bits per heavy atom. The summed E-state index contributed by atoms with van der Waals surface area (Å²) in [6.45, 7) is 0.300. The van der Waals surface area contributed by atoms with Crippen LogP contribution in [-0.4, -0.2) is 9.55 Å². The van der Waals surface area contributed by atoms with Crippen LogP contribution in [0.2, 0.25) is 0 Å². The molecule has 2 rings (SSSR count). The molecule has 1 heterocycles. The van der Waals surface area contributed by atoms with Gasteiger partial charge in [-0.1, -0.05) is 6.07 Å². The molecule has 84 valence electrons. The molecule has 1 aromatic carbocycles. The van der Waals surface area contributed by atoms with E-state index < -0.39 is 11.6 Å². The minimum Gasteiger partial charge on any atom is -0.329 e. The van der Waals surface area contributed by atoms with E-state index in [0.717, 1.165) is 6.07 Å². The van der Waals surface area contributed by atoms with Gasteiger partial charge in [0.2, 0.25) is 0 Å². The van der Waals surface area contributed by atoms with Gasteiger partial charge in [0.05, 0.1) is 12.4 Å². The van der Waals surface area contributed by atoms with E-state index in [9.17, 15) is 8.78 Å². The van der Waals surface area contributed by atoms with E-state index in [1.54, 1.807) is 17.0 Å². The summed E-state index contributed by atoms with van der Waals surface area (Å²) in [5, 5.41) is 0. The van der Waals surface area contributed by atoms with Crippen molar-refractivity contribution in [3.8, 4) is 0 Å². The van der Waals surface area contributed by atoms with Crippen LogP contribution in [0.3, 0.4) is 0 Å². The van der Waals surface area contributed by atoms with Gasteiger partial charge in [-0.2, -0.15) is 0 Å². The third kappa shape index (κ3) is 2.22. The van der Waals surface area contributed by atoms with Crippen molar-refractivity contribution in [1.29, 1.82) is 0 Å². The third-order valence-corrected chi connectivity index (χ3v) is 2.52. The van der Waals surface area contributed by atoms with E-state index in [1.807, 2.05) is 0 Å². The zero-order chi connectivity index (χ0) is 11.5. The number of halogens is 3. The van der Waals surface area contributed by atoms with E-state index in [2.05, 4.69) is 4.98 Å². The highest BCUT2D eigenvalue weighted by Crippen LogP contribution is 2.12. The van der Waals surface area contributed by atoms with E-state index in [0.29, 0.717) is 17.9 Å². The summed E-state index contributed by atoms with van der Waals surface area (Å²) >= 11 is 5.67. The number of imidazole rings is 1. The molecule has 0 aliphatic rings. The van der Waals surface area contributed by atoms with Gasteiger partial charge in [0.1, 0.15) is 17.5 Å². The molecule has 0 aliphatic heterocycles. The van der Waals surface area contributed by atoms with E-state index in [-0.39, 0.29) is 5.88 Å². The van der Waals surface area contributed by atoms with Crippen LogP contribution in [0.1, 0.15) is 11.4 Å². The Hall–Kier alpha value is -1.42. The van der Waals surface area contributed by atoms with Crippen molar-refractivity contribution in [2.24, 2.45) is 0 Å². The van der Waals surface area contributed by atoms with Gasteiger partial charge < -0.3 is 4.57 Å². The monoisotopic (exact) mass is 242 g/mol. The first kappa shape index (κ1) is 11.1. The number of rotatable bonds is 3. The molecule has 0 spiro atoms. The first-order valence-corrected chi connectivity index (χ1v) is 5.24. The predicted molar refractivity (Wildman–Crippen MR) is 57.2 cm³/mol. The van der Waals surface area contributed by atoms with Gasteiger partial charge in [-0.05, 0) is 6.07 Å². The largest absolute Gasteiger partial charge is 0.329 e. The average molecular weight is 243 g/mol. The molecule has 5 heteroatoms. The van der Waals surface area contributed by atoms with Gasteiger partial charge in [0.25, 0.3) is 0 Å². The van der Waals surface area contributed by atoms with Crippen LogP contribution in [0.4, 0.5) is 8.78 Å². The van der Waals surface area contributed by atoms with E-state index in [4.69, 9.17) is 11.6 Å². The van der Waals surface area contributed by atoms with E-state index >= 15 is 0 Å². The summed E-state index contributed by atoms with van der Waals surface area (Å²) < 4.78 is 27.8. The van der Waals surface area contributed by atoms with Crippen molar-refractivity contribution >= 4 is 11.6 Å². The Morgan fingerprint density at radius 3 is 2.81 bits per heavy atom. The topological polar surface area (TPSA) is 17.8 Å². The molecular formula is C11H9ClF2N2. The molecule has 0 unspecified atom stereocenters. The molecule has 0 bridgehead atoms. The van der Waals surface area contributed by atoms with Crippen molar-refractivity contribution in [3.63, 3.8) is 0 Å². The molecule has 0 fully saturated rings. The maximum atomic E-state index is 13.4. The highest BCUT2D eigenvalue weighted by atomic mass is 35.5. The van der Waals surface area contributed by atoms with Crippen LogP contribution >= 0.6 is 11.6 Å². The number of alkyl halides is 1. The zero-order valence-corrected chi connectivity index (χ0v) is 9.09. The molecule has 2 nitrogen and oxygen atoms in total. The zero-order valence-electron chi connectivity index (χ0n) is 8.33. The van der Waals surface area contributed by atoms with Crippen LogP contribution in [0.25, 0.3) is 0 Å². The first-order valence-electron chi connectivity index (χ1n) is 4.70. The summed E-state index contributed by atoms with van der Waals surface area (Å²) in [6, 6.07) is 3.52. The Balaban J connectivity index is 2.27. The minimum atomic E-state index is -0.579. The highest BCUT2D eigenvalue weighted by molar-refractivity contribution is 6.16. The summed E-state index contributed by atoms with van der Waals surface area (Å²) in [7, 11) is 0. The number of hydrogen-bond donors (Lipinski definition) is 0. The lowest BCUT2D eigenvalue weighted by Crippen LogP contribution is -2.04. The van der Waals surface area contributed by atoms with Crippen LogP contribution in [0.15, 0.2) is 30.6 Å². The number of nitrogens with zero attached hydrogens (tertiary/aromatic N) is 2. The Labute approximate surface area is 96.5 Å². The van der Waals surface area contributed by atoms with Crippen molar-refractivity contribution in [1.82, 2.24) is 9.55 Å². The highest BCUT2D eigenvalue weighted by Gasteiger charge is 2.07. The van der Waals surface area contributed by atoms with Gasteiger partial charge in [-0.15, -0.1) is 11.6 Å². The Morgan fingerprint density at radius 1 is 1.31 bits per heavy atom. The molecule has 16 heavy (non-hydrogen) atoms. The van der Waals surface area contributed by atoms with Crippen molar-refractivity contribution in [3.05, 3.63) is 53.6 Å². The van der Waals surface area contributed by atoms with Crippen LogP contribution in [0, 0.1) is 11.6 Å². The third-order valence-electron chi connectivity index (χ3n) is 2.28. The molecule has 0 amide bonds. The Bertz CT molecular complexity index is 496. The lowest BCUT2D eigenvalue weighted by molar-refractivity contribution is 0.564. The van der Waals surface area contributed by atoms with Crippen LogP contribution in [0.5, 0.6) is 0 Å². The van der Waals surface area contributed by atoms with Crippen LogP contribution in [-0.2, 0) is 12.4 Å². The molecule has 0 atom stereocenters.